The molecule has 5 nitrogen and oxygen atoms in total. The number of hydrogen-bond acceptors (Lipinski definition) is 4. The van der Waals surface area contributed by atoms with Crippen molar-refractivity contribution in [3.8, 4) is 0 Å². The fourth-order valence-electron chi connectivity index (χ4n) is 3.53. The molecule has 1 amide bonds. The number of aryl methyl sites for hydroxylation is 1. The van der Waals surface area contributed by atoms with E-state index in [2.05, 4.69) is 0 Å². The van der Waals surface area contributed by atoms with Gasteiger partial charge in [-0.1, -0.05) is 35.9 Å². The summed E-state index contributed by atoms with van der Waals surface area (Å²) in [5.74, 6) is -2.14. The van der Waals surface area contributed by atoms with Crippen LogP contribution in [0.5, 0.6) is 0 Å². The molecule has 1 aromatic heterocycles. The molecule has 1 N–H and O–H groups in total. The predicted octanol–water partition coefficient (Wildman–Crippen LogP) is 5.00. The zero-order valence-corrected chi connectivity index (χ0v) is 16.7. The van der Waals surface area contributed by atoms with E-state index in [1.807, 2.05) is 0 Å². The number of nitrogens with zero attached hydrogens (tertiary/aromatic N) is 1. The highest BCUT2D eigenvalue weighted by molar-refractivity contribution is 6.46. The molecule has 0 radical (unpaired) electrons. The van der Waals surface area contributed by atoms with Gasteiger partial charge in [-0.15, -0.1) is 0 Å². The maximum absolute atomic E-state index is 14.1. The fraction of sp³-hybridized carbons (Fsp3) is 0.130. The van der Waals surface area contributed by atoms with Crippen LogP contribution in [-0.2, 0) is 16.1 Å². The van der Waals surface area contributed by atoms with E-state index in [0.29, 0.717) is 21.9 Å². The molecule has 1 aliphatic rings. The molecular formula is C23H17ClFNO4. The number of aliphatic hydroxyl groups excluding tert-OH is 1. The normalized spacial score (nSPS) is 18.2. The third kappa shape index (κ3) is 3.50. The number of Topliss-reactive ketones (excluding diaryl/α,β-unsaturated/α-hetero) is 1. The Morgan fingerprint density at radius 1 is 1.17 bits per heavy atom. The number of amides is 1. The quantitative estimate of drug-likeness (QED) is 0.362. The second kappa shape index (κ2) is 7.80. The highest BCUT2D eigenvalue weighted by atomic mass is 35.5. The van der Waals surface area contributed by atoms with Crippen LogP contribution in [0.1, 0.15) is 28.5 Å². The molecule has 3 aromatic rings. The fourth-order valence-corrected chi connectivity index (χ4v) is 3.73. The number of benzene rings is 2. The number of ketones is 1. The molecule has 30 heavy (non-hydrogen) atoms. The van der Waals surface area contributed by atoms with Crippen LogP contribution in [0.15, 0.2) is 70.9 Å². The molecule has 1 aliphatic heterocycles. The van der Waals surface area contributed by atoms with Gasteiger partial charge in [-0.2, -0.15) is 0 Å². The summed E-state index contributed by atoms with van der Waals surface area (Å²) in [5, 5.41) is 11.3. The van der Waals surface area contributed by atoms with E-state index < -0.39 is 29.3 Å². The van der Waals surface area contributed by atoms with Crippen molar-refractivity contribution in [3.63, 3.8) is 0 Å². The van der Waals surface area contributed by atoms with E-state index in [-0.39, 0.29) is 17.7 Å². The number of hydrogen-bond donors (Lipinski definition) is 1. The highest BCUT2D eigenvalue weighted by Crippen LogP contribution is 2.41. The monoisotopic (exact) mass is 425 g/mol. The van der Waals surface area contributed by atoms with Crippen LogP contribution in [0.4, 0.5) is 4.39 Å². The maximum atomic E-state index is 14.1. The van der Waals surface area contributed by atoms with Crippen molar-refractivity contribution < 1.29 is 23.5 Å². The molecule has 0 aliphatic carbocycles. The number of carbonyl (C=O) groups excluding carboxylic acids is 2. The Bertz CT molecular complexity index is 1170. The lowest BCUT2D eigenvalue weighted by Gasteiger charge is -2.24. The first-order valence-electron chi connectivity index (χ1n) is 9.19. The first-order chi connectivity index (χ1) is 14.4. The van der Waals surface area contributed by atoms with Crippen LogP contribution >= 0.6 is 11.6 Å². The predicted molar refractivity (Wildman–Crippen MR) is 109 cm³/mol. The largest absolute Gasteiger partial charge is 0.507 e. The number of carbonyl (C=O) groups is 2. The van der Waals surface area contributed by atoms with Crippen molar-refractivity contribution in [1.82, 2.24) is 4.90 Å². The van der Waals surface area contributed by atoms with Gasteiger partial charge in [-0.3, -0.25) is 9.59 Å². The van der Waals surface area contributed by atoms with Crippen LogP contribution in [0.25, 0.3) is 5.76 Å². The van der Waals surface area contributed by atoms with Gasteiger partial charge in [0.2, 0.25) is 0 Å². The first kappa shape index (κ1) is 19.9. The van der Waals surface area contributed by atoms with Gasteiger partial charge in [0.15, 0.2) is 0 Å². The van der Waals surface area contributed by atoms with Gasteiger partial charge in [0.25, 0.3) is 11.7 Å². The number of halogens is 2. The van der Waals surface area contributed by atoms with Crippen molar-refractivity contribution in [2.45, 2.75) is 19.5 Å². The minimum absolute atomic E-state index is 0.0216. The van der Waals surface area contributed by atoms with Crippen LogP contribution in [0, 0.1) is 12.7 Å². The van der Waals surface area contributed by atoms with Gasteiger partial charge in [0, 0.05) is 10.6 Å². The molecule has 1 fully saturated rings. The third-order valence-corrected chi connectivity index (χ3v) is 5.29. The van der Waals surface area contributed by atoms with Crippen LogP contribution < -0.4 is 0 Å². The zero-order valence-electron chi connectivity index (χ0n) is 15.9. The molecule has 7 heteroatoms. The maximum Gasteiger partial charge on any atom is 0.296 e. The summed E-state index contributed by atoms with van der Waals surface area (Å²) in [5.41, 5.74) is 0.928. The van der Waals surface area contributed by atoms with Crippen molar-refractivity contribution >= 4 is 29.1 Å². The Labute approximate surface area is 177 Å². The van der Waals surface area contributed by atoms with Gasteiger partial charge in [-0.05, 0) is 48.4 Å². The van der Waals surface area contributed by atoms with Crippen molar-refractivity contribution in [2.24, 2.45) is 0 Å². The van der Waals surface area contributed by atoms with Gasteiger partial charge >= 0.3 is 0 Å². The van der Waals surface area contributed by atoms with E-state index in [0.717, 1.165) is 6.07 Å². The minimum atomic E-state index is -0.904. The molecule has 0 saturated carbocycles. The number of likely N-dealkylation sites (tertiary alicyclic amines) is 1. The van der Waals surface area contributed by atoms with Crippen molar-refractivity contribution in [1.29, 1.82) is 0 Å². The van der Waals surface area contributed by atoms with Gasteiger partial charge in [0.1, 0.15) is 17.3 Å². The van der Waals surface area contributed by atoms with E-state index in [1.54, 1.807) is 43.3 Å². The van der Waals surface area contributed by atoms with Crippen molar-refractivity contribution in [3.05, 3.63) is 99.7 Å². The molecule has 2 heterocycles. The van der Waals surface area contributed by atoms with Crippen LogP contribution in [0.2, 0.25) is 5.02 Å². The average Bonchev–Trinajstić information content (AvgIpc) is 3.32. The number of furan rings is 1. The summed E-state index contributed by atoms with van der Waals surface area (Å²) in [6.45, 7) is 1.61. The lowest BCUT2D eigenvalue weighted by Crippen LogP contribution is -2.29. The SMILES string of the molecule is Cc1ccc(/C(O)=C2/C(=O)C(=O)N(Cc3ccco3)C2c2cccc(Cl)c2)cc1F. The lowest BCUT2D eigenvalue weighted by molar-refractivity contribution is -0.140. The van der Waals surface area contributed by atoms with E-state index in [1.165, 1.54) is 23.3 Å². The Morgan fingerprint density at radius 2 is 1.97 bits per heavy atom. The molecule has 2 aromatic carbocycles. The van der Waals surface area contributed by atoms with Gasteiger partial charge in [0.05, 0.1) is 24.4 Å². The standard InChI is InChI=1S/C23H17ClFNO4/c1-13-7-8-15(11-18(13)25)21(27)19-20(14-4-2-5-16(24)10-14)26(23(29)22(19)28)12-17-6-3-9-30-17/h2-11,20,27H,12H2,1H3/b21-19-. The molecule has 4 rings (SSSR count). The third-order valence-electron chi connectivity index (χ3n) is 5.06. The molecule has 152 valence electrons. The Kier molecular flexibility index (Phi) is 5.18. The lowest BCUT2D eigenvalue weighted by atomic mass is 9.95. The van der Waals surface area contributed by atoms with Crippen molar-refractivity contribution in [2.75, 3.05) is 0 Å². The van der Waals surface area contributed by atoms with Gasteiger partial charge < -0.3 is 14.4 Å². The van der Waals surface area contributed by atoms with E-state index in [9.17, 15) is 19.1 Å². The summed E-state index contributed by atoms with van der Waals surface area (Å²) in [6, 6.07) is 13.3. The Morgan fingerprint density at radius 3 is 2.63 bits per heavy atom. The van der Waals surface area contributed by atoms with Crippen LogP contribution in [-0.4, -0.2) is 21.7 Å². The number of rotatable bonds is 4. The summed E-state index contributed by atoms with van der Waals surface area (Å²) in [6.07, 6.45) is 1.47. The number of aliphatic hydroxyl groups is 1. The molecule has 1 saturated heterocycles. The Hall–Kier alpha value is -3.38. The zero-order chi connectivity index (χ0) is 21.4. The average molecular weight is 426 g/mol. The van der Waals surface area contributed by atoms with Gasteiger partial charge in [-0.25, -0.2) is 4.39 Å². The highest BCUT2D eigenvalue weighted by Gasteiger charge is 2.46. The molecule has 0 bridgehead atoms. The second-order valence-electron chi connectivity index (χ2n) is 7.03. The van der Waals surface area contributed by atoms with E-state index in [4.69, 9.17) is 16.0 Å². The summed E-state index contributed by atoms with van der Waals surface area (Å²) < 4.78 is 19.4. The molecule has 0 spiro atoms. The van der Waals surface area contributed by atoms with E-state index >= 15 is 0 Å². The smallest absolute Gasteiger partial charge is 0.296 e. The Balaban J connectivity index is 1.89. The summed E-state index contributed by atoms with van der Waals surface area (Å²) >= 11 is 6.13. The topological polar surface area (TPSA) is 70.8 Å². The summed E-state index contributed by atoms with van der Waals surface area (Å²) in [7, 11) is 0. The van der Waals surface area contributed by atoms with Crippen LogP contribution in [0.3, 0.4) is 0 Å². The molecule has 1 unspecified atom stereocenters. The summed E-state index contributed by atoms with van der Waals surface area (Å²) in [4.78, 5) is 27.1. The first-order valence-corrected chi connectivity index (χ1v) is 9.57. The second-order valence-corrected chi connectivity index (χ2v) is 7.46. The minimum Gasteiger partial charge on any atom is -0.507 e. The molecular weight excluding hydrogens is 409 g/mol. The molecule has 1 atom stereocenters.